The van der Waals surface area contributed by atoms with Gasteiger partial charge in [0.1, 0.15) is 23.5 Å². The second-order valence-corrected chi connectivity index (χ2v) is 18.7. The molecule has 0 radical (unpaired) electrons. The maximum Gasteiger partial charge on any atom is 0.134 e. The van der Waals surface area contributed by atoms with Gasteiger partial charge in [-0.1, -0.05) is 153 Å². The van der Waals surface area contributed by atoms with Gasteiger partial charge in [-0.05, 0) is 100.0 Å². The third-order valence-corrected chi connectivity index (χ3v) is 14.0. The highest BCUT2D eigenvalue weighted by atomic mass is 16.3. The van der Waals surface area contributed by atoms with Crippen molar-refractivity contribution in [1.29, 1.82) is 10.5 Å². The van der Waals surface area contributed by atoms with Crippen molar-refractivity contribution >= 4 is 71.4 Å². The van der Waals surface area contributed by atoms with E-state index in [1.807, 2.05) is 12.1 Å². The van der Waals surface area contributed by atoms with Crippen molar-refractivity contribution in [3.8, 4) is 12.1 Å². The minimum atomic E-state index is -0.808. The third-order valence-electron chi connectivity index (χ3n) is 14.0. The molecule has 7 nitrogen and oxygen atoms in total. The van der Waals surface area contributed by atoms with Crippen molar-refractivity contribution in [3.63, 3.8) is 0 Å². The third kappa shape index (κ3) is 10.1. The Kier molecular flexibility index (Phi) is 16.5. The Balaban J connectivity index is 1.45. The van der Waals surface area contributed by atoms with Gasteiger partial charge in [0.15, 0.2) is 0 Å². The zero-order valence-corrected chi connectivity index (χ0v) is 40.2. The molecular weight excluding hydrogens is 809 g/mol. The molecule has 6 aromatic rings. The number of unbranched alkanes of at least 4 members (excludes halogenated alkanes) is 12. The Labute approximate surface area is 394 Å². The average molecular weight is 881 g/mol. The van der Waals surface area contributed by atoms with Crippen LogP contribution in [0.5, 0.6) is 0 Å². The first-order valence-electron chi connectivity index (χ1n) is 25.3. The summed E-state index contributed by atoms with van der Waals surface area (Å²) in [4.78, 5) is 5.04. The molecule has 0 heterocycles. The lowest BCUT2D eigenvalue weighted by Gasteiger charge is -2.37. The van der Waals surface area contributed by atoms with E-state index in [1.54, 1.807) is 0 Å². The van der Waals surface area contributed by atoms with Crippen LogP contribution in [0.2, 0.25) is 0 Å². The molecule has 0 saturated carbocycles. The van der Waals surface area contributed by atoms with Gasteiger partial charge in [0.2, 0.25) is 0 Å². The van der Waals surface area contributed by atoms with E-state index in [-0.39, 0.29) is 11.3 Å². The summed E-state index contributed by atoms with van der Waals surface area (Å²) in [7, 11) is 0. The number of hydrogen-bond acceptors (Lipinski definition) is 7. The molecule has 7 rings (SSSR count). The van der Waals surface area contributed by atoms with E-state index in [1.165, 1.54) is 77.0 Å². The quantitative estimate of drug-likeness (QED) is 0.0239. The predicted molar refractivity (Wildman–Crippen MR) is 283 cm³/mol. The van der Waals surface area contributed by atoms with Gasteiger partial charge in [-0.25, -0.2) is 0 Å². The van der Waals surface area contributed by atoms with Gasteiger partial charge in [-0.3, -0.25) is 0 Å². The molecule has 1 aliphatic carbocycles. The van der Waals surface area contributed by atoms with Crippen LogP contribution in [-0.2, 0) is 0 Å². The summed E-state index contributed by atoms with van der Waals surface area (Å²) in [5, 5.41) is 42.5. The molecule has 0 aliphatic heterocycles. The highest BCUT2D eigenvalue weighted by molar-refractivity contribution is 6.16. The number of nitrogens with zero attached hydrogens (tertiary/aromatic N) is 4. The second-order valence-electron chi connectivity index (χ2n) is 18.7. The lowest BCUT2D eigenvalue weighted by molar-refractivity contribution is 0.371. The molecule has 0 bridgehead atoms. The lowest BCUT2D eigenvalue weighted by atomic mass is 9.67. The first-order valence-corrected chi connectivity index (χ1v) is 25.3. The van der Waals surface area contributed by atoms with Gasteiger partial charge < -0.3 is 26.4 Å². The maximum absolute atomic E-state index is 12.8. The van der Waals surface area contributed by atoms with E-state index in [0.717, 1.165) is 106 Å². The number of benzene rings is 6. The second kappa shape index (κ2) is 22.8. The van der Waals surface area contributed by atoms with Crippen molar-refractivity contribution in [2.45, 2.75) is 136 Å². The SMILES string of the molecule is CCCCCCN(CCCCCC)c1cc(N)c(C2=C(O)C(c3c(N)cc(N(CCCCCC)CCCCCC)c4cc5ccccc5cc34)C2=C(C#N)C#N)c2cc3ccccc3cc12. The summed E-state index contributed by atoms with van der Waals surface area (Å²) in [5.41, 5.74) is 20.0. The standard InChI is InChI=1S/C59H72N6O/c1-5-9-13-21-29-64(30-22-14-10-6-2)52-37-50(62)55(48-35-43-27-19-17-25-41(43)33-46(48)52)57-54(45(39-60)40-61)58(59(57)66)56-49-36-44-28-20-18-26-42(44)34-47(49)53(38-51(56)63)65(31-23-15-11-7-3)32-24-16-12-8-4/h17-20,25-28,33-38,57,66H,5-16,21-24,29-32,62-63H2,1-4H3. The first kappa shape index (κ1) is 47.8. The van der Waals surface area contributed by atoms with Crippen molar-refractivity contribution in [3.05, 3.63) is 113 Å². The van der Waals surface area contributed by atoms with E-state index < -0.39 is 5.92 Å². The lowest BCUT2D eigenvalue weighted by Crippen LogP contribution is -2.28. The minimum absolute atomic E-state index is 0.0513. The highest BCUT2D eigenvalue weighted by Gasteiger charge is 2.43. The highest BCUT2D eigenvalue weighted by Crippen LogP contribution is 2.58. The van der Waals surface area contributed by atoms with Crippen LogP contribution in [0.25, 0.3) is 48.7 Å². The van der Waals surface area contributed by atoms with E-state index >= 15 is 0 Å². The van der Waals surface area contributed by atoms with E-state index in [2.05, 4.69) is 122 Å². The van der Waals surface area contributed by atoms with Gasteiger partial charge >= 0.3 is 0 Å². The molecule has 0 spiro atoms. The molecular formula is C59H72N6O. The van der Waals surface area contributed by atoms with Gasteiger partial charge in [0.25, 0.3) is 0 Å². The summed E-state index contributed by atoms with van der Waals surface area (Å²) in [6, 6.07) is 34.3. The van der Waals surface area contributed by atoms with Gasteiger partial charge in [-0.2, -0.15) is 10.5 Å². The molecule has 0 fully saturated rings. The number of rotatable bonds is 24. The number of nitrogen functional groups attached to an aromatic ring is 2. The number of aliphatic hydroxyl groups is 1. The number of aliphatic hydroxyl groups excluding tert-OH is 1. The van der Waals surface area contributed by atoms with Crippen molar-refractivity contribution in [2.75, 3.05) is 47.4 Å². The van der Waals surface area contributed by atoms with Crippen LogP contribution in [0.3, 0.4) is 0 Å². The molecule has 0 aromatic heterocycles. The monoisotopic (exact) mass is 881 g/mol. The van der Waals surface area contributed by atoms with E-state index in [0.29, 0.717) is 33.6 Å². The van der Waals surface area contributed by atoms with Gasteiger partial charge in [0, 0.05) is 76.4 Å². The molecule has 0 saturated heterocycles. The molecule has 1 aliphatic rings. The van der Waals surface area contributed by atoms with Crippen LogP contribution in [-0.4, -0.2) is 31.3 Å². The van der Waals surface area contributed by atoms with Crippen LogP contribution in [0, 0.1) is 22.7 Å². The van der Waals surface area contributed by atoms with Crippen LogP contribution in [0.1, 0.15) is 147 Å². The molecule has 7 heteroatoms. The normalized spacial score (nSPS) is 13.7. The molecule has 344 valence electrons. The molecule has 5 N–H and O–H groups in total. The fourth-order valence-corrected chi connectivity index (χ4v) is 10.4. The topological polar surface area (TPSA) is 126 Å². The smallest absolute Gasteiger partial charge is 0.134 e. The molecule has 6 aromatic carbocycles. The average Bonchev–Trinajstić information content (AvgIpc) is 3.33. The minimum Gasteiger partial charge on any atom is -0.511 e. The zero-order chi connectivity index (χ0) is 46.6. The summed E-state index contributed by atoms with van der Waals surface area (Å²) in [6.07, 6.45) is 18.6. The Bertz CT molecular complexity index is 2760. The van der Waals surface area contributed by atoms with Crippen molar-refractivity contribution in [2.24, 2.45) is 0 Å². The Morgan fingerprint density at radius 3 is 1.30 bits per heavy atom. The van der Waals surface area contributed by atoms with Crippen molar-refractivity contribution in [1.82, 2.24) is 0 Å². The number of nitrogens with two attached hydrogens (primary N) is 2. The molecule has 66 heavy (non-hydrogen) atoms. The first-order chi connectivity index (χ1) is 32.3. The van der Waals surface area contributed by atoms with Crippen LogP contribution >= 0.6 is 0 Å². The zero-order valence-electron chi connectivity index (χ0n) is 40.2. The largest absolute Gasteiger partial charge is 0.511 e. The number of fused-ring (bicyclic) bond motifs is 4. The van der Waals surface area contributed by atoms with Gasteiger partial charge in [0.05, 0.1) is 5.92 Å². The molecule has 1 unspecified atom stereocenters. The number of hydrogen-bond donors (Lipinski definition) is 3. The summed E-state index contributed by atoms with van der Waals surface area (Å²) < 4.78 is 0. The van der Waals surface area contributed by atoms with Crippen LogP contribution in [0.15, 0.2) is 102 Å². The number of allylic oxidation sites excluding steroid dienone is 3. The molecule has 1 atom stereocenters. The summed E-state index contributed by atoms with van der Waals surface area (Å²) in [5.74, 6) is -0.736. The summed E-state index contributed by atoms with van der Waals surface area (Å²) >= 11 is 0. The van der Waals surface area contributed by atoms with Gasteiger partial charge in [-0.15, -0.1) is 0 Å². The van der Waals surface area contributed by atoms with Crippen LogP contribution < -0.4 is 21.3 Å². The number of anilines is 4. The van der Waals surface area contributed by atoms with E-state index in [4.69, 9.17) is 11.5 Å². The molecule has 0 amide bonds. The Hall–Kier alpha value is -6.18. The predicted octanol–water partition coefficient (Wildman–Crippen LogP) is 15.8. The summed E-state index contributed by atoms with van der Waals surface area (Å²) in [6.45, 7) is 12.7. The number of nitriles is 2. The fourth-order valence-electron chi connectivity index (χ4n) is 10.4. The fraction of sp³-hybridized carbons (Fsp3) is 0.424. The Morgan fingerprint density at radius 1 is 0.515 bits per heavy atom. The van der Waals surface area contributed by atoms with Crippen molar-refractivity contribution < 1.29 is 5.11 Å². The Morgan fingerprint density at radius 2 is 0.894 bits per heavy atom. The van der Waals surface area contributed by atoms with Crippen LogP contribution in [0.4, 0.5) is 22.7 Å². The maximum atomic E-state index is 12.8. The van der Waals surface area contributed by atoms with E-state index in [9.17, 15) is 15.6 Å².